The first-order valence-electron chi connectivity index (χ1n) is 8.12. The molecule has 0 radical (unpaired) electrons. The summed E-state index contributed by atoms with van der Waals surface area (Å²) in [6.45, 7) is 10.7. The Balaban J connectivity index is 1.84. The van der Waals surface area contributed by atoms with Crippen molar-refractivity contribution >= 4 is 0 Å². The van der Waals surface area contributed by atoms with Gasteiger partial charge in [0.15, 0.2) is 0 Å². The minimum atomic E-state index is -0.0978. The normalized spacial score (nSPS) is 17.8. The molecule has 0 spiro atoms. The number of benzene rings is 1. The third-order valence-corrected chi connectivity index (χ3v) is 3.72. The van der Waals surface area contributed by atoms with E-state index >= 15 is 0 Å². The molecule has 0 aliphatic heterocycles. The highest BCUT2D eigenvalue weighted by molar-refractivity contribution is 5.40. The van der Waals surface area contributed by atoms with Crippen LogP contribution in [-0.2, 0) is 11.2 Å². The maximum Gasteiger partial charge on any atom is 0.119 e. The largest absolute Gasteiger partial charge is 0.491 e. The lowest BCUT2D eigenvalue weighted by Gasteiger charge is -2.19. The van der Waals surface area contributed by atoms with Crippen LogP contribution >= 0.6 is 0 Å². The molecule has 0 bridgehead atoms. The van der Waals surface area contributed by atoms with Crippen molar-refractivity contribution in [3.8, 4) is 5.75 Å². The van der Waals surface area contributed by atoms with Crippen LogP contribution in [0.2, 0.25) is 0 Å². The summed E-state index contributed by atoms with van der Waals surface area (Å²) >= 11 is 0. The van der Waals surface area contributed by atoms with Crippen LogP contribution in [0.3, 0.4) is 0 Å². The topological polar surface area (TPSA) is 30.5 Å². The van der Waals surface area contributed by atoms with Gasteiger partial charge in [-0.05, 0) is 69.8 Å². The van der Waals surface area contributed by atoms with E-state index in [1.54, 1.807) is 0 Å². The fourth-order valence-corrected chi connectivity index (χ4v) is 2.72. The van der Waals surface area contributed by atoms with Gasteiger partial charge in [0.1, 0.15) is 12.4 Å². The van der Waals surface area contributed by atoms with Gasteiger partial charge in [-0.3, -0.25) is 0 Å². The highest BCUT2D eigenvalue weighted by Crippen LogP contribution is 2.33. The number of rotatable bonds is 7. The second-order valence-corrected chi connectivity index (χ2v) is 6.72. The highest BCUT2D eigenvalue weighted by Gasteiger charge is 2.22. The molecule has 3 heteroatoms. The first kappa shape index (κ1) is 16.3. The Labute approximate surface area is 129 Å². The second-order valence-electron chi connectivity index (χ2n) is 6.72. The molecule has 1 aromatic carbocycles. The number of fused-ring (bicyclic) bond motifs is 1. The molecular formula is C18H29NO2. The van der Waals surface area contributed by atoms with E-state index in [-0.39, 0.29) is 5.60 Å². The lowest BCUT2D eigenvalue weighted by atomic mass is 10.1. The van der Waals surface area contributed by atoms with Gasteiger partial charge in [-0.1, -0.05) is 13.0 Å². The van der Waals surface area contributed by atoms with Crippen LogP contribution in [-0.4, -0.2) is 25.4 Å². The smallest absolute Gasteiger partial charge is 0.119 e. The van der Waals surface area contributed by atoms with E-state index in [1.807, 2.05) is 0 Å². The van der Waals surface area contributed by atoms with Crippen molar-refractivity contribution in [1.29, 1.82) is 0 Å². The molecule has 118 valence electrons. The number of hydrogen-bond acceptors (Lipinski definition) is 3. The number of aryl methyl sites for hydroxylation is 1. The van der Waals surface area contributed by atoms with Crippen molar-refractivity contribution < 1.29 is 9.47 Å². The number of nitrogens with one attached hydrogen (secondary N) is 1. The van der Waals surface area contributed by atoms with Gasteiger partial charge in [0.05, 0.1) is 12.2 Å². The molecule has 2 rings (SSSR count). The van der Waals surface area contributed by atoms with Crippen molar-refractivity contribution in [3.05, 3.63) is 29.3 Å². The zero-order chi connectivity index (χ0) is 15.3. The molecule has 1 aromatic rings. The summed E-state index contributed by atoms with van der Waals surface area (Å²) in [5, 5.41) is 3.62. The Morgan fingerprint density at radius 3 is 2.76 bits per heavy atom. The maximum absolute atomic E-state index is 5.80. The Morgan fingerprint density at radius 1 is 1.24 bits per heavy atom. The molecule has 1 aliphatic rings. The van der Waals surface area contributed by atoms with E-state index in [0.717, 1.165) is 18.7 Å². The molecule has 0 fully saturated rings. The number of ether oxygens (including phenoxy) is 2. The van der Waals surface area contributed by atoms with E-state index in [0.29, 0.717) is 19.3 Å². The molecule has 0 saturated carbocycles. The third kappa shape index (κ3) is 5.01. The van der Waals surface area contributed by atoms with Gasteiger partial charge < -0.3 is 14.8 Å². The van der Waals surface area contributed by atoms with Crippen molar-refractivity contribution in [2.45, 2.75) is 58.6 Å². The van der Waals surface area contributed by atoms with Crippen molar-refractivity contribution in [2.24, 2.45) is 0 Å². The monoisotopic (exact) mass is 291 g/mol. The summed E-state index contributed by atoms with van der Waals surface area (Å²) < 4.78 is 11.5. The summed E-state index contributed by atoms with van der Waals surface area (Å²) in [7, 11) is 0. The standard InChI is InChI=1S/C18H29NO2/c1-5-10-19-17-9-6-14-13-15(7-8-16(14)17)20-11-12-21-18(2,3)4/h7-8,13,17,19H,5-6,9-12H2,1-4H3. The van der Waals surface area contributed by atoms with E-state index in [1.165, 1.54) is 24.0 Å². The zero-order valence-electron chi connectivity index (χ0n) is 13.9. The van der Waals surface area contributed by atoms with Crippen LogP contribution < -0.4 is 10.1 Å². The first-order valence-corrected chi connectivity index (χ1v) is 8.12. The molecule has 3 nitrogen and oxygen atoms in total. The Hall–Kier alpha value is -1.06. The molecule has 1 atom stereocenters. The number of hydrogen-bond donors (Lipinski definition) is 1. The van der Waals surface area contributed by atoms with Gasteiger partial charge in [-0.2, -0.15) is 0 Å². The first-order chi connectivity index (χ1) is 9.99. The van der Waals surface area contributed by atoms with Crippen LogP contribution in [0.25, 0.3) is 0 Å². The Kier molecular flexibility index (Phi) is 5.65. The average molecular weight is 291 g/mol. The van der Waals surface area contributed by atoms with Gasteiger partial charge in [-0.15, -0.1) is 0 Å². The van der Waals surface area contributed by atoms with Crippen LogP contribution in [0.5, 0.6) is 5.75 Å². The van der Waals surface area contributed by atoms with Crippen LogP contribution in [0, 0.1) is 0 Å². The van der Waals surface area contributed by atoms with Gasteiger partial charge in [0.25, 0.3) is 0 Å². The fraction of sp³-hybridized carbons (Fsp3) is 0.667. The van der Waals surface area contributed by atoms with E-state index in [9.17, 15) is 0 Å². The molecule has 1 aliphatic carbocycles. The molecule has 21 heavy (non-hydrogen) atoms. The van der Waals surface area contributed by atoms with Crippen LogP contribution in [0.15, 0.2) is 18.2 Å². The molecule has 0 heterocycles. The third-order valence-electron chi connectivity index (χ3n) is 3.72. The Morgan fingerprint density at radius 2 is 2.05 bits per heavy atom. The van der Waals surface area contributed by atoms with E-state index in [2.05, 4.69) is 51.2 Å². The van der Waals surface area contributed by atoms with E-state index in [4.69, 9.17) is 9.47 Å². The zero-order valence-corrected chi connectivity index (χ0v) is 13.9. The minimum Gasteiger partial charge on any atom is -0.491 e. The van der Waals surface area contributed by atoms with Gasteiger partial charge in [0.2, 0.25) is 0 Å². The highest BCUT2D eigenvalue weighted by atomic mass is 16.5. The van der Waals surface area contributed by atoms with Crippen LogP contribution in [0.4, 0.5) is 0 Å². The van der Waals surface area contributed by atoms with Crippen molar-refractivity contribution in [2.75, 3.05) is 19.8 Å². The van der Waals surface area contributed by atoms with Crippen molar-refractivity contribution in [1.82, 2.24) is 5.32 Å². The van der Waals surface area contributed by atoms with Crippen LogP contribution in [0.1, 0.15) is 57.7 Å². The van der Waals surface area contributed by atoms with Gasteiger partial charge in [-0.25, -0.2) is 0 Å². The second kappa shape index (κ2) is 7.28. The summed E-state index contributed by atoms with van der Waals surface area (Å²) in [6, 6.07) is 7.02. The lowest BCUT2D eigenvalue weighted by Crippen LogP contribution is -2.22. The summed E-state index contributed by atoms with van der Waals surface area (Å²) in [6.07, 6.45) is 3.53. The Bertz CT molecular complexity index is 451. The van der Waals surface area contributed by atoms with E-state index < -0.39 is 0 Å². The molecule has 0 saturated heterocycles. The molecule has 1 N–H and O–H groups in total. The quantitative estimate of drug-likeness (QED) is 0.774. The maximum atomic E-state index is 5.80. The molecule has 0 aromatic heterocycles. The fourth-order valence-electron chi connectivity index (χ4n) is 2.72. The minimum absolute atomic E-state index is 0.0978. The van der Waals surface area contributed by atoms with Crippen molar-refractivity contribution in [3.63, 3.8) is 0 Å². The molecule has 0 amide bonds. The summed E-state index contributed by atoms with van der Waals surface area (Å²) in [4.78, 5) is 0. The predicted molar refractivity (Wildman–Crippen MR) is 87.0 cm³/mol. The summed E-state index contributed by atoms with van der Waals surface area (Å²) in [5.41, 5.74) is 2.78. The lowest BCUT2D eigenvalue weighted by molar-refractivity contribution is -0.0163. The molecule has 1 unspecified atom stereocenters. The SMILES string of the molecule is CCCNC1CCc2cc(OCCOC(C)(C)C)ccc21. The average Bonchev–Trinajstić information content (AvgIpc) is 2.83. The molecular weight excluding hydrogens is 262 g/mol. The predicted octanol–water partition coefficient (Wildman–Crippen LogP) is 3.87. The van der Waals surface area contributed by atoms with Gasteiger partial charge >= 0.3 is 0 Å². The summed E-state index contributed by atoms with van der Waals surface area (Å²) in [5.74, 6) is 0.961. The van der Waals surface area contributed by atoms with Gasteiger partial charge in [0, 0.05) is 6.04 Å².